The third-order valence-electron chi connectivity index (χ3n) is 4.32. The van der Waals surface area contributed by atoms with Crippen LogP contribution in [0.2, 0.25) is 0 Å². The lowest BCUT2D eigenvalue weighted by Gasteiger charge is -2.22. The molecule has 0 amide bonds. The SMILES string of the molecule is O=C(O)c1ccc2ccc(C3CCCCC3)cc2c1O. The summed E-state index contributed by atoms with van der Waals surface area (Å²) in [5.74, 6) is -0.666. The minimum absolute atomic E-state index is 0.0294. The quantitative estimate of drug-likeness (QED) is 0.855. The molecule has 0 radical (unpaired) electrons. The summed E-state index contributed by atoms with van der Waals surface area (Å²) in [6.07, 6.45) is 6.18. The van der Waals surface area contributed by atoms with Gasteiger partial charge < -0.3 is 10.2 Å². The molecule has 0 heterocycles. The highest BCUT2D eigenvalue weighted by Gasteiger charge is 2.18. The van der Waals surface area contributed by atoms with E-state index in [4.69, 9.17) is 5.11 Å². The second kappa shape index (κ2) is 5.16. The van der Waals surface area contributed by atoms with Gasteiger partial charge in [0.05, 0.1) is 0 Å². The van der Waals surface area contributed by atoms with Crippen molar-refractivity contribution < 1.29 is 15.0 Å². The monoisotopic (exact) mass is 270 g/mol. The number of fused-ring (bicyclic) bond motifs is 1. The average Bonchev–Trinajstić information content (AvgIpc) is 2.48. The Hall–Kier alpha value is -2.03. The largest absolute Gasteiger partial charge is 0.506 e. The van der Waals surface area contributed by atoms with Gasteiger partial charge in [-0.25, -0.2) is 4.79 Å². The van der Waals surface area contributed by atoms with Crippen LogP contribution in [-0.2, 0) is 0 Å². The molecule has 3 rings (SSSR count). The second-order valence-corrected chi connectivity index (χ2v) is 5.58. The summed E-state index contributed by atoms with van der Waals surface area (Å²) >= 11 is 0. The molecule has 2 N–H and O–H groups in total. The lowest BCUT2D eigenvalue weighted by Crippen LogP contribution is -2.04. The average molecular weight is 270 g/mol. The zero-order valence-electron chi connectivity index (χ0n) is 11.3. The van der Waals surface area contributed by atoms with Gasteiger partial charge in [0, 0.05) is 5.39 Å². The van der Waals surface area contributed by atoms with Gasteiger partial charge in [-0.2, -0.15) is 0 Å². The first-order valence-electron chi connectivity index (χ1n) is 7.16. The van der Waals surface area contributed by atoms with Gasteiger partial charge in [0.2, 0.25) is 0 Å². The lowest BCUT2D eigenvalue weighted by molar-refractivity contribution is 0.0694. The molecule has 0 unspecified atom stereocenters. The van der Waals surface area contributed by atoms with Crippen molar-refractivity contribution in [1.82, 2.24) is 0 Å². The van der Waals surface area contributed by atoms with Crippen LogP contribution in [0, 0.1) is 0 Å². The van der Waals surface area contributed by atoms with Crippen molar-refractivity contribution in [1.29, 1.82) is 0 Å². The third kappa shape index (κ3) is 2.24. The number of aromatic hydroxyl groups is 1. The number of hydrogen-bond donors (Lipinski definition) is 2. The number of aromatic carboxylic acids is 1. The highest BCUT2D eigenvalue weighted by atomic mass is 16.4. The van der Waals surface area contributed by atoms with Gasteiger partial charge >= 0.3 is 5.97 Å². The first kappa shape index (κ1) is 13.0. The fourth-order valence-corrected chi connectivity index (χ4v) is 3.18. The van der Waals surface area contributed by atoms with E-state index >= 15 is 0 Å². The molecule has 0 atom stereocenters. The molecule has 0 aromatic heterocycles. The molecule has 1 fully saturated rings. The molecule has 1 saturated carbocycles. The van der Waals surface area contributed by atoms with Gasteiger partial charge in [-0.15, -0.1) is 0 Å². The Morgan fingerprint density at radius 1 is 1.05 bits per heavy atom. The lowest BCUT2D eigenvalue weighted by atomic mass is 9.83. The van der Waals surface area contributed by atoms with Crippen LogP contribution in [0.15, 0.2) is 30.3 Å². The number of hydrogen-bond acceptors (Lipinski definition) is 2. The predicted octanol–water partition coefficient (Wildman–Crippen LogP) is 4.29. The maximum atomic E-state index is 11.1. The molecule has 20 heavy (non-hydrogen) atoms. The van der Waals surface area contributed by atoms with Crippen LogP contribution in [0.1, 0.15) is 53.9 Å². The van der Waals surface area contributed by atoms with E-state index in [0.717, 1.165) is 5.39 Å². The van der Waals surface area contributed by atoms with Crippen molar-refractivity contribution in [2.45, 2.75) is 38.0 Å². The standard InChI is InChI=1S/C17H18O3/c18-16-14(17(19)20)9-8-12-6-7-13(10-15(12)16)11-4-2-1-3-5-11/h6-11,18H,1-5H2,(H,19,20). The predicted molar refractivity (Wildman–Crippen MR) is 78.4 cm³/mol. The van der Waals surface area contributed by atoms with Gasteiger partial charge in [-0.3, -0.25) is 0 Å². The Morgan fingerprint density at radius 3 is 2.45 bits per heavy atom. The van der Waals surface area contributed by atoms with E-state index in [1.807, 2.05) is 12.1 Å². The smallest absolute Gasteiger partial charge is 0.339 e. The summed E-state index contributed by atoms with van der Waals surface area (Å²) in [6, 6.07) is 9.26. The van der Waals surface area contributed by atoms with Crippen LogP contribution in [0.4, 0.5) is 0 Å². The Bertz CT molecular complexity index is 655. The van der Waals surface area contributed by atoms with E-state index in [1.165, 1.54) is 43.7 Å². The molecule has 0 spiro atoms. The van der Waals surface area contributed by atoms with Crippen LogP contribution < -0.4 is 0 Å². The van der Waals surface area contributed by atoms with Crippen molar-refractivity contribution in [3.63, 3.8) is 0 Å². The van der Waals surface area contributed by atoms with Gasteiger partial charge in [0.15, 0.2) is 0 Å². The number of carbonyl (C=O) groups is 1. The van der Waals surface area contributed by atoms with Crippen LogP contribution in [0.3, 0.4) is 0 Å². The molecule has 1 aliphatic rings. The molecule has 0 saturated heterocycles. The van der Waals surface area contributed by atoms with Gasteiger partial charge in [-0.1, -0.05) is 37.5 Å². The normalized spacial score (nSPS) is 16.4. The summed E-state index contributed by atoms with van der Waals surface area (Å²) in [4.78, 5) is 11.1. The van der Waals surface area contributed by atoms with Gasteiger partial charge in [-0.05, 0) is 41.8 Å². The highest BCUT2D eigenvalue weighted by molar-refractivity contribution is 6.00. The molecule has 3 heteroatoms. The van der Waals surface area contributed by atoms with Crippen LogP contribution in [0.5, 0.6) is 5.75 Å². The molecule has 1 aliphatic carbocycles. The maximum Gasteiger partial charge on any atom is 0.339 e. The Morgan fingerprint density at radius 2 is 1.75 bits per heavy atom. The molecule has 2 aromatic carbocycles. The molecule has 104 valence electrons. The minimum Gasteiger partial charge on any atom is -0.506 e. The van der Waals surface area contributed by atoms with Crippen LogP contribution in [-0.4, -0.2) is 16.2 Å². The van der Waals surface area contributed by atoms with Crippen molar-refractivity contribution >= 4 is 16.7 Å². The molecule has 0 bridgehead atoms. The fourth-order valence-electron chi connectivity index (χ4n) is 3.18. The number of phenols is 1. The molecule has 0 aliphatic heterocycles. The van der Waals surface area contributed by atoms with Crippen molar-refractivity contribution in [3.05, 3.63) is 41.5 Å². The first-order chi connectivity index (χ1) is 9.66. The molecule has 3 nitrogen and oxygen atoms in total. The van der Waals surface area contributed by atoms with Crippen molar-refractivity contribution in [3.8, 4) is 5.75 Å². The number of carboxylic acid groups (broad SMARTS) is 1. The van der Waals surface area contributed by atoms with E-state index in [9.17, 15) is 9.90 Å². The van der Waals surface area contributed by atoms with Crippen molar-refractivity contribution in [2.75, 3.05) is 0 Å². The third-order valence-corrected chi connectivity index (χ3v) is 4.32. The second-order valence-electron chi connectivity index (χ2n) is 5.58. The summed E-state index contributed by atoms with van der Waals surface area (Å²) in [5, 5.41) is 20.8. The summed E-state index contributed by atoms with van der Waals surface area (Å²) in [7, 11) is 0. The maximum absolute atomic E-state index is 11.1. The summed E-state index contributed by atoms with van der Waals surface area (Å²) in [6.45, 7) is 0. The van der Waals surface area contributed by atoms with Gasteiger partial charge in [0.25, 0.3) is 0 Å². The minimum atomic E-state index is -1.09. The van der Waals surface area contributed by atoms with E-state index in [1.54, 1.807) is 6.07 Å². The highest BCUT2D eigenvalue weighted by Crippen LogP contribution is 2.36. The van der Waals surface area contributed by atoms with Crippen LogP contribution >= 0.6 is 0 Å². The van der Waals surface area contributed by atoms with Crippen molar-refractivity contribution in [2.24, 2.45) is 0 Å². The zero-order chi connectivity index (χ0) is 14.1. The van der Waals surface area contributed by atoms with Gasteiger partial charge in [0.1, 0.15) is 11.3 Å². The van der Waals surface area contributed by atoms with E-state index in [-0.39, 0.29) is 11.3 Å². The first-order valence-corrected chi connectivity index (χ1v) is 7.16. The molecular weight excluding hydrogens is 252 g/mol. The number of rotatable bonds is 2. The Labute approximate surface area is 117 Å². The van der Waals surface area contributed by atoms with E-state index < -0.39 is 5.97 Å². The van der Waals surface area contributed by atoms with E-state index in [2.05, 4.69) is 6.07 Å². The summed E-state index contributed by atoms with van der Waals surface area (Å²) < 4.78 is 0. The fraction of sp³-hybridized carbons (Fsp3) is 0.353. The summed E-state index contributed by atoms with van der Waals surface area (Å²) in [5.41, 5.74) is 1.19. The number of benzene rings is 2. The number of carboxylic acids is 1. The Balaban J connectivity index is 2.08. The van der Waals surface area contributed by atoms with Crippen LogP contribution in [0.25, 0.3) is 10.8 Å². The molecule has 2 aromatic rings. The molecular formula is C17H18O3. The topological polar surface area (TPSA) is 57.5 Å². The van der Waals surface area contributed by atoms with E-state index in [0.29, 0.717) is 11.3 Å². The Kier molecular flexibility index (Phi) is 3.35. The zero-order valence-corrected chi connectivity index (χ0v) is 11.3.